The molecule has 11 heavy (non-hydrogen) atoms. The quantitative estimate of drug-likeness (QED) is 0.572. The second kappa shape index (κ2) is 4.38. The molecule has 0 unspecified atom stereocenters. The van der Waals surface area contributed by atoms with Crippen molar-refractivity contribution in [3.63, 3.8) is 0 Å². The molecule has 1 aliphatic rings. The minimum atomic E-state index is -0.202. The van der Waals surface area contributed by atoms with Gasteiger partial charge in [0, 0.05) is 0 Å². The van der Waals surface area contributed by atoms with Gasteiger partial charge in [0.25, 0.3) is 0 Å². The summed E-state index contributed by atoms with van der Waals surface area (Å²) in [4.78, 5) is 0. The second-order valence-electron chi connectivity index (χ2n) is 3.04. The van der Waals surface area contributed by atoms with Crippen LogP contribution in [0.4, 0.5) is 0 Å². The van der Waals surface area contributed by atoms with Gasteiger partial charge in [0.1, 0.15) is 0 Å². The maximum absolute atomic E-state index is 9.48. The summed E-state index contributed by atoms with van der Waals surface area (Å²) >= 11 is 0. The van der Waals surface area contributed by atoms with Gasteiger partial charge < -0.3 is 5.11 Å². The van der Waals surface area contributed by atoms with Crippen molar-refractivity contribution < 1.29 is 5.11 Å². The maximum Gasteiger partial charge on any atom is 0.0823 e. The molecule has 0 amide bonds. The molecule has 1 saturated carbocycles. The van der Waals surface area contributed by atoms with Crippen LogP contribution in [0, 0.1) is 0 Å². The molecule has 0 spiro atoms. The number of hydrogen-bond acceptors (Lipinski definition) is 1. The Bertz CT molecular complexity index is 175. The third-order valence-electron chi connectivity index (χ3n) is 2.07. The minimum absolute atomic E-state index is 0.202. The van der Waals surface area contributed by atoms with Crippen molar-refractivity contribution in [2.75, 3.05) is 0 Å². The zero-order valence-electron chi connectivity index (χ0n) is 7.14. The van der Waals surface area contributed by atoms with Crippen molar-refractivity contribution in [1.29, 1.82) is 0 Å². The van der Waals surface area contributed by atoms with Crippen molar-refractivity contribution >= 4 is 0 Å². The van der Waals surface area contributed by atoms with Crippen LogP contribution in [0.1, 0.15) is 39.0 Å². The highest BCUT2D eigenvalue weighted by Crippen LogP contribution is 2.22. The first-order valence-electron chi connectivity index (χ1n) is 4.46. The first kappa shape index (κ1) is 8.58. The first-order chi connectivity index (χ1) is 5.34. The molecule has 1 fully saturated rings. The molecular formula is C10H16O. The number of aliphatic hydroxyl groups excluding tert-OH is 1. The van der Waals surface area contributed by atoms with Gasteiger partial charge in [-0.15, -0.1) is 5.73 Å². The van der Waals surface area contributed by atoms with Gasteiger partial charge in [0.05, 0.1) is 6.10 Å². The predicted octanol–water partition coefficient (Wildman–Crippen LogP) is 2.41. The lowest BCUT2D eigenvalue weighted by molar-refractivity contribution is 0.179. The Labute approximate surface area is 68.4 Å². The lowest BCUT2D eigenvalue weighted by Gasteiger charge is -2.18. The molecule has 0 bridgehead atoms. The van der Waals surface area contributed by atoms with Crippen molar-refractivity contribution in [2.24, 2.45) is 0 Å². The Morgan fingerprint density at radius 1 is 1.64 bits per heavy atom. The van der Waals surface area contributed by atoms with Gasteiger partial charge >= 0.3 is 0 Å². The summed E-state index contributed by atoms with van der Waals surface area (Å²) in [5.74, 6) is 0. The topological polar surface area (TPSA) is 20.2 Å². The van der Waals surface area contributed by atoms with E-state index >= 15 is 0 Å². The Hall–Kier alpha value is -0.520. The van der Waals surface area contributed by atoms with E-state index in [0.717, 1.165) is 24.8 Å². The normalized spacial score (nSPS) is 24.5. The highest BCUT2D eigenvalue weighted by atomic mass is 16.3. The van der Waals surface area contributed by atoms with Crippen LogP contribution in [0.2, 0.25) is 0 Å². The van der Waals surface area contributed by atoms with Crippen LogP contribution in [0.25, 0.3) is 0 Å². The zero-order valence-corrected chi connectivity index (χ0v) is 7.14. The minimum Gasteiger partial charge on any atom is -0.388 e. The molecule has 0 heterocycles. The third kappa shape index (κ3) is 2.53. The molecule has 0 radical (unpaired) electrons. The summed E-state index contributed by atoms with van der Waals surface area (Å²) in [5.41, 5.74) is 4.27. The Morgan fingerprint density at radius 2 is 2.45 bits per heavy atom. The van der Waals surface area contributed by atoms with E-state index in [4.69, 9.17) is 0 Å². The van der Waals surface area contributed by atoms with Gasteiger partial charge in [-0.1, -0.05) is 13.3 Å². The van der Waals surface area contributed by atoms with E-state index in [-0.39, 0.29) is 6.10 Å². The molecule has 0 aromatic heterocycles. The van der Waals surface area contributed by atoms with Crippen LogP contribution in [0.5, 0.6) is 0 Å². The van der Waals surface area contributed by atoms with Crippen molar-refractivity contribution in [3.05, 3.63) is 17.4 Å². The summed E-state index contributed by atoms with van der Waals surface area (Å²) in [6, 6.07) is 0. The fourth-order valence-corrected chi connectivity index (χ4v) is 1.40. The number of aliphatic hydroxyl groups is 1. The van der Waals surface area contributed by atoms with E-state index in [2.05, 4.69) is 12.7 Å². The predicted molar refractivity (Wildman–Crippen MR) is 46.4 cm³/mol. The highest BCUT2D eigenvalue weighted by Gasteiger charge is 2.14. The van der Waals surface area contributed by atoms with Crippen LogP contribution >= 0.6 is 0 Å². The van der Waals surface area contributed by atoms with Crippen molar-refractivity contribution in [1.82, 2.24) is 0 Å². The molecule has 0 aliphatic heterocycles. The highest BCUT2D eigenvalue weighted by molar-refractivity contribution is 5.09. The Morgan fingerprint density at radius 3 is 3.09 bits per heavy atom. The first-order valence-corrected chi connectivity index (χ1v) is 4.46. The summed E-state index contributed by atoms with van der Waals surface area (Å²) in [6.45, 7) is 2.09. The average molecular weight is 152 g/mol. The molecule has 1 heteroatoms. The molecule has 0 saturated heterocycles. The van der Waals surface area contributed by atoms with Crippen LogP contribution in [-0.4, -0.2) is 11.2 Å². The van der Waals surface area contributed by atoms with Crippen LogP contribution < -0.4 is 0 Å². The summed E-state index contributed by atoms with van der Waals surface area (Å²) in [6.07, 6.45) is 7.17. The molecule has 1 atom stereocenters. The zero-order chi connectivity index (χ0) is 8.10. The Kier molecular flexibility index (Phi) is 3.41. The maximum atomic E-state index is 9.48. The fourth-order valence-electron chi connectivity index (χ4n) is 1.40. The van der Waals surface area contributed by atoms with Gasteiger partial charge in [-0.2, -0.15) is 0 Å². The molecular weight excluding hydrogens is 136 g/mol. The van der Waals surface area contributed by atoms with Crippen LogP contribution in [0.3, 0.4) is 0 Å². The van der Waals surface area contributed by atoms with E-state index < -0.39 is 0 Å². The van der Waals surface area contributed by atoms with Crippen molar-refractivity contribution in [2.45, 2.75) is 45.1 Å². The van der Waals surface area contributed by atoms with E-state index in [9.17, 15) is 5.11 Å². The van der Waals surface area contributed by atoms with Gasteiger partial charge in [-0.25, -0.2) is 0 Å². The van der Waals surface area contributed by atoms with E-state index in [1.165, 1.54) is 12.8 Å². The molecule has 0 aromatic carbocycles. The lowest BCUT2D eigenvalue weighted by Crippen LogP contribution is -2.13. The summed E-state index contributed by atoms with van der Waals surface area (Å²) in [7, 11) is 0. The monoisotopic (exact) mass is 152 g/mol. The van der Waals surface area contributed by atoms with E-state index in [1.54, 1.807) is 0 Å². The Balaban J connectivity index is 2.60. The van der Waals surface area contributed by atoms with Gasteiger partial charge in [0.2, 0.25) is 0 Å². The lowest BCUT2D eigenvalue weighted by atomic mass is 9.93. The summed E-state index contributed by atoms with van der Waals surface area (Å²) in [5, 5.41) is 9.48. The third-order valence-corrected chi connectivity index (χ3v) is 2.07. The van der Waals surface area contributed by atoms with Crippen molar-refractivity contribution in [3.8, 4) is 0 Å². The molecule has 1 nitrogen and oxygen atoms in total. The van der Waals surface area contributed by atoms with Gasteiger partial charge in [-0.3, -0.25) is 0 Å². The fraction of sp³-hybridized carbons (Fsp3) is 0.700. The molecule has 1 rings (SSSR count). The largest absolute Gasteiger partial charge is 0.388 e. The average Bonchev–Trinajstić information content (AvgIpc) is 2.03. The smallest absolute Gasteiger partial charge is 0.0823 e. The standard InChI is InChI=1S/C10H16O/c1-2-3-6-9-7-4-5-8-10(9)11/h3,10-11H,2,4-5,7-8H2,1H3/t6?,10-/m0/s1. The van der Waals surface area contributed by atoms with Crippen LogP contribution in [-0.2, 0) is 0 Å². The number of rotatable bonds is 1. The molecule has 0 aromatic rings. The second-order valence-corrected chi connectivity index (χ2v) is 3.04. The molecule has 62 valence electrons. The van der Waals surface area contributed by atoms with Gasteiger partial charge in [0.15, 0.2) is 0 Å². The molecule has 1 N–H and O–H groups in total. The van der Waals surface area contributed by atoms with E-state index in [1.807, 2.05) is 6.08 Å². The van der Waals surface area contributed by atoms with Crippen LogP contribution in [0.15, 0.2) is 17.4 Å². The SMILES string of the molecule is CCC=C=C1CCCC[C@@H]1O. The van der Waals surface area contributed by atoms with E-state index in [0.29, 0.717) is 0 Å². The number of hydrogen-bond donors (Lipinski definition) is 1. The van der Waals surface area contributed by atoms with Gasteiger partial charge in [-0.05, 0) is 37.3 Å². The summed E-state index contributed by atoms with van der Waals surface area (Å²) < 4.78 is 0. The molecule has 1 aliphatic carbocycles.